The summed E-state index contributed by atoms with van der Waals surface area (Å²) in [7, 11) is 0. The lowest BCUT2D eigenvalue weighted by atomic mass is 9.82. The average Bonchev–Trinajstić information content (AvgIpc) is 3.17. The summed E-state index contributed by atoms with van der Waals surface area (Å²) in [5.41, 5.74) is 0. The fourth-order valence-electron chi connectivity index (χ4n) is 2.35. The number of amides is 1. The molecule has 0 aliphatic heterocycles. The molecule has 2 aromatic heterocycles. The number of rotatable bonds is 4. The SMILES string of the molecule is O=C(O)[C@H]1CC=CC[C@H]1C(=O)Nc1nnc(-c2cccs2)s1. The summed E-state index contributed by atoms with van der Waals surface area (Å²) in [5.74, 6) is -2.52. The number of allylic oxidation sites excluding steroid dienone is 2. The molecule has 0 bridgehead atoms. The molecule has 2 atom stereocenters. The lowest BCUT2D eigenvalue weighted by Crippen LogP contribution is -2.34. The quantitative estimate of drug-likeness (QED) is 0.838. The van der Waals surface area contributed by atoms with Crippen LogP contribution in [0.2, 0.25) is 0 Å². The summed E-state index contributed by atoms with van der Waals surface area (Å²) in [4.78, 5) is 24.5. The van der Waals surface area contributed by atoms with E-state index in [-0.39, 0.29) is 5.91 Å². The van der Waals surface area contributed by atoms with Gasteiger partial charge in [0.15, 0.2) is 5.01 Å². The van der Waals surface area contributed by atoms with E-state index in [1.165, 1.54) is 11.3 Å². The lowest BCUT2D eigenvalue weighted by Gasteiger charge is -2.23. The summed E-state index contributed by atoms with van der Waals surface area (Å²) < 4.78 is 0. The number of carboxylic acids is 1. The van der Waals surface area contributed by atoms with E-state index < -0.39 is 17.8 Å². The van der Waals surface area contributed by atoms with E-state index >= 15 is 0 Å². The first kappa shape index (κ1) is 14.9. The van der Waals surface area contributed by atoms with Crippen LogP contribution in [0.1, 0.15) is 12.8 Å². The van der Waals surface area contributed by atoms with Gasteiger partial charge in [-0.1, -0.05) is 29.6 Å². The van der Waals surface area contributed by atoms with Crippen molar-refractivity contribution in [2.45, 2.75) is 12.8 Å². The predicted octanol–water partition coefficient (Wildman–Crippen LogP) is 2.87. The standard InChI is InChI=1S/C14H13N3O3S2/c18-11(8-4-1-2-5-9(8)13(19)20)15-14-17-16-12(22-14)10-6-3-7-21-10/h1-3,6-9H,4-5H2,(H,19,20)(H,15,17,18)/t8-,9+/m1/s1. The third-order valence-electron chi connectivity index (χ3n) is 3.47. The van der Waals surface area contributed by atoms with Crippen molar-refractivity contribution in [3.05, 3.63) is 29.7 Å². The Hall–Kier alpha value is -2.06. The fraction of sp³-hybridized carbons (Fsp3) is 0.286. The molecule has 114 valence electrons. The van der Waals surface area contributed by atoms with Crippen LogP contribution < -0.4 is 5.32 Å². The van der Waals surface area contributed by atoms with Crippen LogP contribution in [0.25, 0.3) is 9.88 Å². The molecule has 2 heterocycles. The molecule has 0 aromatic carbocycles. The van der Waals surface area contributed by atoms with E-state index in [0.717, 1.165) is 9.88 Å². The molecule has 8 heteroatoms. The van der Waals surface area contributed by atoms with Crippen molar-refractivity contribution in [3.8, 4) is 9.88 Å². The molecule has 6 nitrogen and oxygen atoms in total. The summed E-state index contributed by atoms with van der Waals surface area (Å²) in [6, 6.07) is 3.86. The van der Waals surface area contributed by atoms with Gasteiger partial charge >= 0.3 is 5.97 Å². The van der Waals surface area contributed by atoms with Crippen LogP contribution in [0.15, 0.2) is 29.7 Å². The third kappa shape index (κ3) is 3.07. The number of hydrogen-bond acceptors (Lipinski definition) is 6. The number of aliphatic carboxylic acids is 1. The highest BCUT2D eigenvalue weighted by atomic mass is 32.1. The molecule has 22 heavy (non-hydrogen) atoms. The molecule has 0 saturated heterocycles. The molecule has 0 radical (unpaired) electrons. The number of nitrogens with zero attached hydrogens (tertiary/aromatic N) is 2. The zero-order valence-electron chi connectivity index (χ0n) is 11.4. The van der Waals surface area contributed by atoms with Gasteiger partial charge in [-0.15, -0.1) is 21.5 Å². The Kier molecular flexibility index (Phi) is 4.30. The first-order valence-corrected chi connectivity index (χ1v) is 8.41. The van der Waals surface area contributed by atoms with Gasteiger partial charge in [-0.2, -0.15) is 0 Å². The van der Waals surface area contributed by atoms with E-state index in [9.17, 15) is 14.7 Å². The van der Waals surface area contributed by atoms with Gasteiger partial charge in [-0.25, -0.2) is 0 Å². The van der Waals surface area contributed by atoms with Gasteiger partial charge in [0, 0.05) is 0 Å². The summed E-state index contributed by atoms with van der Waals surface area (Å²) in [6.07, 6.45) is 4.46. The zero-order chi connectivity index (χ0) is 15.5. The molecule has 3 rings (SSSR count). The van der Waals surface area contributed by atoms with Gasteiger partial charge in [-0.05, 0) is 24.3 Å². The van der Waals surface area contributed by atoms with Crippen molar-refractivity contribution < 1.29 is 14.7 Å². The van der Waals surface area contributed by atoms with E-state index in [4.69, 9.17) is 0 Å². The van der Waals surface area contributed by atoms with Crippen LogP contribution in [0.3, 0.4) is 0 Å². The molecule has 1 amide bonds. The third-order valence-corrected chi connectivity index (χ3v) is 5.35. The Morgan fingerprint density at radius 1 is 1.23 bits per heavy atom. The second kappa shape index (κ2) is 6.37. The zero-order valence-corrected chi connectivity index (χ0v) is 13.1. The van der Waals surface area contributed by atoms with Crippen molar-refractivity contribution in [2.24, 2.45) is 11.8 Å². The van der Waals surface area contributed by atoms with Crippen LogP contribution in [0.5, 0.6) is 0 Å². The lowest BCUT2D eigenvalue weighted by molar-refractivity contribution is -0.146. The maximum atomic E-state index is 12.3. The highest BCUT2D eigenvalue weighted by Gasteiger charge is 2.34. The number of hydrogen-bond donors (Lipinski definition) is 2. The molecule has 0 fully saturated rings. The predicted molar refractivity (Wildman–Crippen MR) is 84.8 cm³/mol. The monoisotopic (exact) mass is 335 g/mol. The molecule has 2 N–H and O–H groups in total. The second-order valence-electron chi connectivity index (χ2n) is 4.87. The minimum absolute atomic E-state index is 0.314. The number of carbonyl (C=O) groups is 2. The van der Waals surface area contributed by atoms with Crippen molar-refractivity contribution in [1.29, 1.82) is 0 Å². The molecular weight excluding hydrogens is 322 g/mol. The molecular formula is C14H13N3O3S2. The molecule has 0 unspecified atom stereocenters. The maximum absolute atomic E-state index is 12.3. The van der Waals surface area contributed by atoms with Crippen LogP contribution in [0.4, 0.5) is 5.13 Å². The van der Waals surface area contributed by atoms with Crippen LogP contribution >= 0.6 is 22.7 Å². The Morgan fingerprint density at radius 3 is 2.68 bits per heavy atom. The topological polar surface area (TPSA) is 92.2 Å². The molecule has 1 aliphatic rings. The first-order chi connectivity index (χ1) is 10.6. The number of thiophene rings is 1. The Morgan fingerprint density at radius 2 is 2.00 bits per heavy atom. The molecule has 2 aromatic rings. The fourth-order valence-corrected chi connectivity index (χ4v) is 3.89. The van der Waals surface area contributed by atoms with Gasteiger partial charge in [0.05, 0.1) is 16.7 Å². The van der Waals surface area contributed by atoms with Crippen LogP contribution in [0, 0.1) is 11.8 Å². The molecule has 0 saturated carbocycles. The maximum Gasteiger partial charge on any atom is 0.307 e. The van der Waals surface area contributed by atoms with Crippen molar-refractivity contribution in [1.82, 2.24) is 10.2 Å². The van der Waals surface area contributed by atoms with Crippen LogP contribution in [-0.4, -0.2) is 27.2 Å². The average molecular weight is 335 g/mol. The molecule has 0 spiro atoms. The van der Waals surface area contributed by atoms with E-state index in [1.807, 2.05) is 29.7 Å². The first-order valence-electron chi connectivity index (χ1n) is 6.71. The minimum Gasteiger partial charge on any atom is -0.481 e. The minimum atomic E-state index is -0.943. The van der Waals surface area contributed by atoms with Crippen molar-refractivity contribution >= 4 is 39.7 Å². The Balaban J connectivity index is 1.71. The van der Waals surface area contributed by atoms with Crippen molar-refractivity contribution in [3.63, 3.8) is 0 Å². The largest absolute Gasteiger partial charge is 0.481 e. The summed E-state index contributed by atoms with van der Waals surface area (Å²) in [5, 5.41) is 23.0. The van der Waals surface area contributed by atoms with E-state index in [2.05, 4.69) is 15.5 Å². The Bertz CT molecular complexity index is 709. The highest BCUT2D eigenvalue weighted by Crippen LogP contribution is 2.31. The van der Waals surface area contributed by atoms with E-state index in [0.29, 0.717) is 18.0 Å². The van der Waals surface area contributed by atoms with Crippen LogP contribution in [-0.2, 0) is 9.59 Å². The number of anilines is 1. The number of aromatic nitrogens is 2. The normalized spacial score (nSPS) is 20.7. The van der Waals surface area contributed by atoms with Gasteiger partial charge in [-0.3, -0.25) is 9.59 Å². The summed E-state index contributed by atoms with van der Waals surface area (Å²) >= 11 is 2.83. The summed E-state index contributed by atoms with van der Waals surface area (Å²) in [6.45, 7) is 0. The second-order valence-corrected chi connectivity index (χ2v) is 6.80. The number of carboxylic acid groups (broad SMARTS) is 1. The van der Waals surface area contributed by atoms with E-state index in [1.54, 1.807) is 11.3 Å². The van der Waals surface area contributed by atoms with Gasteiger partial charge < -0.3 is 10.4 Å². The highest BCUT2D eigenvalue weighted by molar-refractivity contribution is 7.23. The van der Waals surface area contributed by atoms with Crippen molar-refractivity contribution in [2.75, 3.05) is 5.32 Å². The van der Waals surface area contributed by atoms with Gasteiger partial charge in [0.1, 0.15) is 0 Å². The molecule has 1 aliphatic carbocycles. The van der Waals surface area contributed by atoms with Gasteiger partial charge in [0.2, 0.25) is 11.0 Å². The van der Waals surface area contributed by atoms with Gasteiger partial charge in [0.25, 0.3) is 0 Å². The number of carbonyl (C=O) groups excluding carboxylic acids is 1. The Labute approximate surface area is 134 Å². The number of nitrogens with one attached hydrogen (secondary N) is 1. The smallest absolute Gasteiger partial charge is 0.307 e.